The fourth-order valence-electron chi connectivity index (χ4n) is 2.72. The molecule has 0 radical (unpaired) electrons. The number of aliphatic imine (C=N–C) groups is 1. The van der Waals surface area contributed by atoms with E-state index >= 15 is 0 Å². The molecule has 1 spiro atoms. The lowest BCUT2D eigenvalue weighted by Crippen LogP contribution is -2.35. The Kier molecular flexibility index (Phi) is 3.52. The normalized spacial score (nSPS) is 18.6. The molecule has 0 bridgehead atoms. The third-order valence-electron chi connectivity index (χ3n) is 3.83. The summed E-state index contributed by atoms with van der Waals surface area (Å²) in [5.74, 6) is -1.59. The number of hydrogen-bond donors (Lipinski definition) is 1. The fraction of sp³-hybridized carbons (Fsp3) is 0.176. The van der Waals surface area contributed by atoms with Crippen LogP contribution in [0.3, 0.4) is 0 Å². The van der Waals surface area contributed by atoms with Gasteiger partial charge in [-0.2, -0.15) is 0 Å². The summed E-state index contributed by atoms with van der Waals surface area (Å²) in [5.41, 5.74) is 3.12. The predicted octanol–water partition coefficient (Wildman–Crippen LogP) is 3.35. The summed E-state index contributed by atoms with van der Waals surface area (Å²) in [7, 11) is 0. The summed E-state index contributed by atoms with van der Waals surface area (Å²) in [6.07, 6.45) is 1.78. The number of rotatable bonds is 2. The van der Waals surface area contributed by atoms with E-state index < -0.39 is 5.79 Å². The minimum Gasteiger partial charge on any atom is -0.336 e. The Bertz CT molecular complexity index is 796. The molecule has 0 atom stereocenters. The van der Waals surface area contributed by atoms with Crippen molar-refractivity contribution in [3.05, 3.63) is 58.1 Å². The molecule has 2 aromatic carbocycles. The Morgan fingerprint density at radius 3 is 2.61 bits per heavy atom. The number of fused-ring (bicyclic) bond motifs is 2. The quantitative estimate of drug-likeness (QED) is 0.822. The zero-order valence-electron chi connectivity index (χ0n) is 12.1. The molecule has 4 rings (SSSR count). The first kappa shape index (κ1) is 14.6. The van der Waals surface area contributed by atoms with Gasteiger partial charge in [0.1, 0.15) is 0 Å². The van der Waals surface area contributed by atoms with Gasteiger partial charge in [-0.25, -0.2) is 0 Å². The molecule has 5 nitrogen and oxygen atoms in total. The standard InChI is InChI=1S/C17H13BrN2O3/c18-12-3-1-11(2-4-12)10-19-13-5-6-15-14(9-13)17(16(21)20-15)22-7-8-23-17/h1-6,9-10H,7-8H2,(H,20,21). The maximum atomic E-state index is 12.2. The second-order valence-electron chi connectivity index (χ2n) is 5.31. The molecule has 0 unspecified atom stereocenters. The Morgan fingerprint density at radius 1 is 1.13 bits per heavy atom. The molecule has 116 valence electrons. The maximum absolute atomic E-state index is 12.2. The van der Waals surface area contributed by atoms with Crippen LogP contribution in [0.25, 0.3) is 0 Å². The number of benzene rings is 2. The number of halogens is 1. The summed E-state index contributed by atoms with van der Waals surface area (Å²) in [4.78, 5) is 16.6. The van der Waals surface area contributed by atoms with E-state index in [1.54, 1.807) is 6.21 Å². The summed E-state index contributed by atoms with van der Waals surface area (Å²) in [5, 5.41) is 2.79. The van der Waals surface area contributed by atoms with E-state index in [0.29, 0.717) is 24.5 Å². The van der Waals surface area contributed by atoms with E-state index in [4.69, 9.17) is 9.47 Å². The summed E-state index contributed by atoms with van der Waals surface area (Å²) >= 11 is 3.40. The molecule has 2 heterocycles. The van der Waals surface area contributed by atoms with Crippen LogP contribution in [-0.4, -0.2) is 25.3 Å². The highest BCUT2D eigenvalue weighted by Gasteiger charge is 2.52. The van der Waals surface area contributed by atoms with Crippen molar-refractivity contribution in [2.45, 2.75) is 5.79 Å². The van der Waals surface area contributed by atoms with Gasteiger partial charge in [0.15, 0.2) is 0 Å². The zero-order valence-corrected chi connectivity index (χ0v) is 13.7. The van der Waals surface area contributed by atoms with Crippen molar-refractivity contribution in [1.29, 1.82) is 0 Å². The van der Waals surface area contributed by atoms with Crippen molar-refractivity contribution in [1.82, 2.24) is 0 Å². The molecule has 1 N–H and O–H groups in total. The number of nitrogens with one attached hydrogen (secondary N) is 1. The van der Waals surface area contributed by atoms with E-state index in [2.05, 4.69) is 26.2 Å². The smallest absolute Gasteiger partial charge is 0.289 e. The number of hydrogen-bond acceptors (Lipinski definition) is 4. The molecule has 0 aliphatic carbocycles. The van der Waals surface area contributed by atoms with Gasteiger partial charge in [0.2, 0.25) is 0 Å². The van der Waals surface area contributed by atoms with Gasteiger partial charge in [-0.3, -0.25) is 9.79 Å². The number of carbonyl (C=O) groups is 1. The highest BCUT2D eigenvalue weighted by atomic mass is 79.9. The molecule has 2 aliphatic heterocycles. The number of anilines is 1. The lowest BCUT2D eigenvalue weighted by molar-refractivity contribution is -0.178. The number of amides is 1. The molecule has 2 aliphatic rings. The van der Waals surface area contributed by atoms with Crippen molar-refractivity contribution < 1.29 is 14.3 Å². The first-order valence-corrected chi connectivity index (χ1v) is 8.00. The number of ether oxygens (including phenoxy) is 2. The Hall–Kier alpha value is -2.02. The summed E-state index contributed by atoms with van der Waals surface area (Å²) in [6, 6.07) is 13.4. The van der Waals surface area contributed by atoms with E-state index in [-0.39, 0.29) is 5.91 Å². The van der Waals surface area contributed by atoms with E-state index in [9.17, 15) is 4.79 Å². The molecular formula is C17H13BrN2O3. The molecule has 23 heavy (non-hydrogen) atoms. The third-order valence-corrected chi connectivity index (χ3v) is 4.36. The first-order valence-electron chi connectivity index (χ1n) is 7.21. The fourth-order valence-corrected chi connectivity index (χ4v) is 2.98. The van der Waals surface area contributed by atoms with E-state index in [1.807, 2.05) is 42.5 Å². The summed E-state index contributed by atoms with van der Waals surface area (Å²) in [6.45, 7) is 0.804. The van der Waals surface area contributed by atoms with Crippen LogP contribution in [0.5, 0.6) is 0 Å². The van der Waals surface area contributed by atoms with Crippen molar-refractivity contribution >= 4 is 39.4 Å². The number of nitrogens with zero attached hydrogens (tertiary/aromatic N) is 1. The zero-order chi connectivity index (χ0) is 15.9. The Labute approximate surface area is 141 Å². The van der Waals surface area contributed by atoms with Gasteiger partial charge >= 0.3 is 0 Å². The number of carbonyl (C=O) groups excluding carboxylic acids is 1. The average Bonchev–Trinajstić information content (AvgIpc) is 3.15. The highest BCUT2D eigenvalue weighted by molar-refractivity contribution is 9.10. The average molecular weight is 373 g/mol. The maximum Gasteiger partial charge on any atom is 0.289 e. The molecule has 1 fully saturated rings. The molecule has 0 saturated carbocycles. The van der Waals surface area contributed by atoms with Crippen LogP contribution < -0.4 is 5.32 Å². The Morgan fingerprint density at radius 2 is 1.87 bits per heavy atom. The van der Waals surface area contributed by atoms with Gasteiger partial charge < -0.3 is 14.8 Å². The molecule has 0 aromatic heterocycles. The van der Waals surface area contributed by atoms with Crippen molar-refractivity contribution in [2.24, 2.45) is 4.99 Å². The van der Waals surface area contributed by atoms with Crippen molar-refractivity contribution in [2.75, 3.05) is 18.5 Å². The van der Waals surface area contributed by atoms with Crippen LogP contribution in [0.15, 0.2) is 51.9 Å². The van der Waals surface area contributed by atoms with Gasteiger partial charge in [0, 0.05) is 16.3 Å². The topological polar surface area (TPSA) is 59.9 Å². The molecule has 6 heteroatoms. The van der Waals surface area contributed by atoms with Crippen molar-refractivity contribution in [3.63, 3.8) is 0 Å². The summed E-state index contributed by atoms with van der Waals surface area (Å²) < 4.78 is 12.2. The minimum atomic E-state index is -1.31. The van der Waals surface area contributed by atoms with Crippen LogP contribution >= 0.6 is 15.9 Å². The molecule has 1 saturated heterocycles. The van der Waals surface area contributed by atoms with Gasteiger partial charge in [-0.05, 0) is 35.9 Å². The Balaban J connectivity index is 1.66. The molecular weight excluding hydrogens is 360 g/mol. The second-order valence-corrected chi connectivity index (χ2v) is 6.22. The van der Waals surface area contributed by atoms with Gasteiger partial charge in [-0.15, -0.1) is 0 Å². The molecule has 2 aromatic rings. The van der Waals surface area contributed by atoms with Gasteiger partial charge in [0.05, 0.1) is 24.6 Å². The predicted molar refractivity (Wildman–Crippen MR) is 90.0 cm³/mol. The first-order chi connectivity index (χ1) is 11.2. The van der Waals surface area contributed by atoms with Crippen molar-refractivity contribution in [3.8, 4) is 0 Å². The van der Waals surface area contributed by atoms with Gasteiger partial charge in [-0.1, -0.05) is 28.1 Å². The van der Waals surface area contributed by atoms with Crippen LogP contribution in [0.4, 0.5) is 11.4 Å². The largest absolute Gasteiger partial charge is 0.336 e. The van der Waals surface area contributed by atoms with Crippen LogP contribution in [-0.2, 0) is 20.1 Å². The van der Waals surface area contributed by atoms with E-state index in [1.165, 1.54) is 0 Å². The van der Waals surface area contributed by atoms with Crippen LogP contribution in [0, 0.1) is 0 Å². The second kappa shape index (κ2) is 5.56. The van der Waals surface area contributed by atoms with E-state index in [0.717, 1.165) is 15.7 Å². The third kappa shape index (κ3) is 2.49. The SMILES string of the molecule is O=C1Nc2ccc(N=Cc3ccc(Br)cc3)cc2C12OCCO2. The van der Waals surface area contributed by atoms with Gasteiger partial charge in [0.25, 0.3) is 11.7 Å². The van der Waals surface area contributed by atoms with Crippen LogP contribution in [0.1, 0.15) is 11.1 Å². The lowest BCUT2D eigenvalue weighted by atomic mass is 10.1. The molecule has 1 amide bonds. The monoisotopic (exact) mass is 372 g/mol. The van der Waals surface area contributed by atoms with Crippen LogP contribution in [0.2, 0.25) is 0 Å². The lowest BCUT2D eigenvalue weighted by Gasteiger charge is -2.19. The highest BCUT2D eigenvalue weighted by Crippen LogP contribution is 2.43. The minimum absolute atomic E-state index is 0.279.